The molecule has 0 bridgehead atoms. The van der Waals surface area contributed by atoms with Crippen LogP contribution in [0.5, 0.6) is 0 Å². The summed E-state index contributed by atoms with van der Waals surface area (Å²) < 4.78 is 2.08. The van der Waals surface area contributed by atoms with Crippen LogP contribution in [0.15, 0.2) is 36.8 Å². The first-order valence-electron chi connectivity index (χ1n) is 5.99. The van der Waals surface area contributed by atoms with Crippen molar-refractivity contribution >= 4 is 0 Å². The Morgan fingerprint density at radius 2 is 2.06 bits per heavy atom. The monoisotopic (exact) mass is 228 g/mol. The van der Waals surface area contributed by atoms with Gasteiger partial charge in [-0.1, -0.05) is 38.1 Å². The molecule has 3 heteroatoms. The number of rotatable bonds is 2. The first kappa shape index (κ1) is 10.5. The van der Waals surface area contributed by atoms with E-state index in [4.69, 9.17) is 0 Å². The van der Waals surface area contributed by atoms with Crippen molar-refractivity contribution < 1.29 is 5.11 Å². The van der Waals surface area contributed by atoms with Gasteiger partial charge in [-0.25, -0.2) is 4.98 Å². The van der Waals surface area contributed by atoms with Crippen molar-refractivity contribution in [2.24, 2.45) is 5.92 Å². The van der Waals surface area contributed by atoms with Crippen molar-refractivity contribution in [3.05, 3.63) is 42.4 Å². The average molecular weight is 228 g/mol. The highest BCUT2D eigenvalue weighted by molar-refractivity contribution is 5.69. The van der Waals surface area contributed by atoms with Crippen molar-refractivity contribution in [2.75, 3.05) is 0 Å². The van der Waals surface area contributed by atoms with Gasteiger partial charge in [0.15, 0.2) is 0 Å². The zero-order chi connectivity index (χ0) is 12.0. The normalized spacial score (nSPS) is 19.2. The second kappa shape index (κ2) is 3.70. The van der Waals surface area contributed by atoms with Gasteiger partial charge in [-0.15, -0.1) is 0 Å². The highest BCUT2D eigenvalue weighted by Gasteiger charge is 2.34. The van der Waals surface area contributed by atoms with E-state index in [1.54, 1.807) is 0 Å². The molecule has 1 aliphatic heterocycles. The number of aromatic nitrogens is 2. The molecule has 0 saturated heterocycles. The predicted molar refractivity (Wildman–Crippen MR) is 66.6 cm³/mol. The molecule has 1 aromatic heterocycles. The van der Waals surface area contributed by atoms with Gasteiger partial charge in [-0.05, 0) is 11.5 Å². The molecule has 0 radical (unpaired) electrons. The Kier molecular flexibility index (Phi) is 2.30. The number of hydrogen-bond donors (Lipinski definition) is 1. The van der Waals surface area contributed by atoms with Crippen LogP contribution in [-0.4, -0.2) is 20.8 Å². The molecule has 0 unspecified atom stereocenters. The van der Waals surface area contributed by atoms with E-state index >= 15 is 0 Å². The maximum absolute atomic E-state index is 10.4. The lowest BCUT2D eigenvalue weighted by atomic mass is 9.93. The maximum Gasteiger partial charge on any atom is 0.0957 e. The van der Waals surface area contributed by atoms with Crippen LogP contribution >= 0.6 is 0 Å². The third-order valence-corrected chi connectivity index (χ3v) is 3.53. The minimum Gasteiger partial charge on any atom is -0.390 e. The summed E-state index contributed by atoms with van der Waals surface area (Å²) in [5, 5.41) is 10.4. The molecule has 0 amide bonds. The van der Waals surface area contributed by atoms with Gasteiger partial charge < -0.3 is 9.67 Å². The Morgan fingerprint density at radius 1 is 1.29 bits per heavy atom. The third-order valence-electron chi connectivity index (χ3n) is 3.53. The molecule has 1 N–H and O–H groups in total. The number of nitrogens with zero attached hydrogens (tertiary/aromatic N) is 2. The van der Waals surface area contributed by atoms with E-state index in [9.17, 15) is 5.11 Å². The number of imidazole rings is 1. The van der Waals surface area contributed by atoms with Crippen LogP contribution in [0.2, 0.25) is 0 Å². The van der Waals surface area contributed by atoms with E-state index in [2.05, 4.69) is 21.7 Å². The Morgan fingerprint density at radius 3 is 2.82 bits per heavy atom. The standard InChI is InChI=1S/C14H16N2O/c1-9(2)14(17)13-11-6-4-3-5-10(11)12-7-15-8-16(12)13/h3-9,13-14,17H,1-2H3/t13-,14+/m1/s1. The van der Waals surface area contributed by atoms with E-state index in [-0.39, 0.29) is 18.1 Å². The molecule has 17 heavy (non-hydrogen) atoms. The topological polar surface area (TPSA) is 38.1 Å². The first-order chi connectivity index (χ1) is 8.20. The quantitative estimate of drug-likeness (QED) is 0.857. The third kappa shape index (κ3) is 1.42. The minimum atomic E-state index is -0.383. The van der Waals surface area contributed by atoms with Gasteiger partial charge in [0.1, 0.15) is 0 Å². The minimum absolute atomic E-state index is 0.00343. The summed E-state index contributed by atoms with van der Waals surface area (Å²) in [6, 6.07) is 8.25. The summed E-state index contributed by atoms with van der Waals surface area (Å²) in [7, 11) is 0. The van der Waals surface area contributed by atoms with Gasteiger partial charge in [-0.2, -0.15) is 0 Å². The van der Waals surface area contributed by atoms with Gasteiger partial charge in [-0.3, -0.25) is 0 Å². The van der Waals surface area contributed by atoms with Crippen molar-refractivity contribution in [2.45, 2.75) is 26.0 Å². The van der Waals surface area contributed by atoms with Crippen molar-refractivity contribution in [1.82, 2.24) is 9.55 Å². The van der Waals surface area contributed by atoms with Crippen LogP contribution in [0.25, 0.3) is 11.3 Å². The molecule has 0 fully saturated rings. The van der Waals surface area contributed by atoms with Crippen LogP contribution < -0.4 is 0 Å². The molecular formula is C14H16N2O. The number of benzene rings is 1. The predicted octanol–water partition coefficient (Wildman–Crippen LogP) is 2.47. The summed E-state index contributed by atoms with van der Waals surface area (Å²) in [5.41, 5.74) is 3.49. The fraction of sp³-hybridized carbons (Fsp3) is 0.357. The summed E-state index contributed by atoms with van der Waals surface area (Å²) in [5.74, 6) is 0.224. The van der Waals surface area contributed by atoms with E-state index in [1.807, 2.05) is 38.5 Å². The van der Waals surface area contributed by atoms with Crippen molar-refractivity contribution in [3.63, 3.8) is 0 Å². The largest absolute Gasteiger partial charge is 0.390 e. The fourth-order valence-corrected chi connectivity index (χ4v) is 2.59. The first-order valence-corrected chi connectivity index (χ1v) is 5.99. The molecule has 2 aromatic rings. The van der Waals surface area contributed by atoms with E-state index in [0.717, 1.165) is 5.69 Å². The van der Waals surface area contributed by atoms with Crippen molar-refractivity contribution in [1.29, 1.82) is 0 Å². The molecule has 0 aliphatic carbocycles. The summed E-state index contributed by atoms with van der Waals surface area (Å²) in [4.78, 5) is 4.19. The lowest BCUT2D eigenvalue weighted by Gasteiger charge is -2.24. The number of aliphatic hydroxyl groups is 1. The zero-order valence-corrected chi connectivity index (χ0v) is 10.0. The van der Waals surface area contributed by atoms with Crippen LogP contribution in [0, 0.1) is 5.92 Å². The molecule has 1 aliphatic rings. The Bertz CT molecular complexity index is 545. The highest BCUT2D eigenvalue weighted by atomic mass is 16.3. The molecule has 88 valence electrons. The number of fused-ring (bicyclic) bond motifs is 3. The molecule has 3 nitrogen and oxygen atoms in total. The number of aliphatic hydroxyl groups excluding tert-OH is 1. The highest BCUT2D eigenvalue weighted by Crippen LogP contribution is 2.41. The molecule has 2 atom stereocenters. The van der Waals surface area contributed by atoms with Gasteiger partial charge in [0, 0.05) is 5.56 Å². The molecule has 3 rings (SSSR count). The van der Waals surface area contributed by atoms with Gasteiger partial charge >= 0.3 is 0 Å². The summed E-state index contributed by atoms with van der Waals surface area (Å²) in [6.45, 7) is 4.09. The molecular weight excluding hydrogens is 212 g/mol. The maximum atomic E-state index is 10.4. The Labute approximate surface area is 101 Å². The van der Waals surface area contributed by atoms with Crippen LogP contribution in [0.3, 0.4) is 0 Å². The fourth-order valence-electron chi connectivity index (χ4n) is 2.59. The SMILES string of the molecule is CC(C)[C@H](O)[C@H]1c2ccccc2-c2cncn21. The average Bonchev–Trinajstić information content (AvgIpc) is 2.87. The van der Waals surface area contributed by atoms with E-state index in [0.29, 0.717) is 0 Å². The van der Waals surface area contributed by atoms with Gasteiger partial charge in [0.2, 0.25) is 0 Å². The van der Waals surface area contributed by atoms with Gasteiger partial charge in [0.25, 0.3) is 0 Å². The second-order valence-corrected chi connectivity index (χ2v) is 4.95. The molecule has 0 saturated carbocycles. The smallest absolute Gasteiger partial charge is 0.0957 e. The van der Waals surface area contributed by atoms with Gasteiger partial charge in [0.05, 0.1) is 30.4 Å². The van der Waals surface area contributed by atoms with Crippen LogP contribution in [0.1, 0.15) is 25.5 Å². The lowest BCUT2D eigenvalue weighted by molar-refractivity contribution is 0.0880. The van der Waals surface area contributed by atoms with Crippen LogP contribution in [-0.2, 0) is 0 Å². The Balaban J connectivity index is 2.17. The molecule has 1 aromatic carbocycles. The van der Waals surface area contributed by atoms with E-state index < -0.39 is 0 Å². The summed E-state index contributed by atoms with van der Waals surface area (Å²) in [6.07, 6.45) is 3.30. The van der Waals surface area contributed by atoms with Crippen molar-refractivity contribution in [3.8, 4) is 11.3 Å². The zero-order valence-electron chi connectivity index (χ0n) is 10.0. The second-order valence-electron chi connectivity index (χ2n) is 4.95. The lowest BCUT2D eigenvalue weighted by Crippen LogP contribution is -2.27. The molecule has 2 heterocycles. The van der Waals surface area contributed by atoms with Crippen LogP contribution in [0.4, 0.5) is 0 Å². The molecule has 0 spiro atoms. The summed E-state index contributed by atoms with van der Waals surface area (Å²) >= 11 is 0. The van der Waals surface area contributed by atoms with E-state index in [1.165, 1.54) is 11.1 Å². The Hall–Kier alpha value is -1.61. The number of hydrogen-bond acceptors (Lipinski definition) is 2.